The SMILES string of the molecule is CCO[Si](C)(CCCN(CCN)C(=O)NC)OCC. The first-order chi connectivity index (χ1) is 9.02. The summed E-state index contributed by atoms with van der Waals surface area (Å²) in [6.45, 7) is 9.10. The molecule has 0 aromatic heterocycles. The quantitative estimate of drug-likeness (QED) is 0.591. The Bertz CT molecular complexity index is 248. The molecule has 6 nitrogen and oxygen atoms in total. The molecule has 0 rings (SSSR count). The summed E-state index contributed by atoms with van der Waals surface area (Å²) >= 11 is 0. The molecular weight excluding hydrogens is 262 g/mol. The fraction of sp³-hybridized carbons (Fsp3) is 0.917. The van der Waals surface area contributed by atoms with Crippen molar-refractivity contribution in [2.24, 2.45) is 5.73 Å². The van der Waals surface area contributed by atoms with Crippen LogP contribution in [-0.2, 0) is 8.85 Å². The van der Waals surface area contributed by atoms with Gasteiger partial charge >= 0.3 is 14.6 Å². The van der Waals surface area contributed by atoms with Crippen LogP contribution < -0.4 is 11.1 Å². The number of amides is 2. The molecule has 0 saturated carbocycles. The summed E-state index contributed by atoms with van der Waals surface area (Å²) in [6, 6.07) is 0.800. The van der Waals surface area contributed by atoms with Gasteiger partial charge in [0.15, 0.2) is 0 Å². The number of hydrogen-bond donors (Lipinski definition) is 2. The first kappa shape index (κ1) is 18.4. The molecule has 0 heterocycles. The van der Waals surface area contributed by atoms with E-state index in [0.717, 1.165) is 12.5 Å². The maximum Gasteiger partial charge on any atom is 0.334 e. The average Bonchev–Trinajstić information content (AvgIpc) is 2.37. The minimum atomic E-state index is -2.07. The van der Waals surface area contributed by atoms with Crippen LogP contribution in [-0.4, -0.2) is 59.4 Å². The van der Waals surface area contributed by atoms with Gasteiger partial charge in [0.05, 0.1) is 0 Å². The molecule has 0 fully saturated rings. The molecule has 0 spiro atoms. The highest BCUT2D eigenvalue weighted by atomic mass is 28.4. The number of nitrogens with one attached hydrogen (secondary N) is 1. The topological polar surface area (TPSA) is 76.8 Å². The molecule has 0 aliphatic carbocycles. The number of rotatable bonds is 10. The molecule has 0 unspecified atom stereocenters. The van der Waals surface area contributed by atoms with Crippen LogP contribution in [0.5, 0.6) is 0 Å². The minimum Gasteiger partial charge on any atom is -0.395 e. The lowest BCUT2D eigenvalue weighted by Crippen LogP contribution is -2.43. The lowest BCUT2D eigenvalue weighted by atomic mass is 10.4. The summed E-state index contributed by atoms with van der Waals surface area (Å²) in [6.07, 6.45) is 0.871. The van der Waals surface area contributed by atoms with E-state index in [-0.39, 0.29) is 6.03 Å². The molecule has 19 heavy (non-hydrogen) atoms. The summed E-state index contributed by atoms with van der Waals surface area (Å²) in [5, 5.41) is 2.63. The van der Waals surface area contributed by atoms with E-state index in [0.29, 0.717) is 32.8 Å². The third-order valence-corrected chi connectivity index (χ3v) is 5.92. The van der Waals surface area contributed by atoms with Gasteiger partial charge in [0.1, 0.15) is 0 Å². The van der Waals surface area contributed by atoms with Gasteiger partial charge in [0.2, 0.25) is 0 Å². The van der Waals surface area contributed by atoms with Gasteiger partial charge in [-0.15, -0.1) is 0 Å². The van der Waals surface area contributed by atoms with E-state index in [1.165, 1.54) is 0 Å². The minimum absolute atomic E-state index is 0.0818. The van der Waals surface area contributed by atoms with Crippen molar-refractivity contribution in [1.29, 1.82) is 0 Å². The highest BCUT2D eigenvalue weighted by Gasteiger charge is 2.30. The number of nitrogens with two attached hydrogens (primary N) is 1. The van der Waals surface area contributed by atoms with Crippen LogP contribution >= 0.6 is 0 Å². The van der Waals surface area contributed by atoms with E-state index in [2.05, 4.69) is 11.9 Å². The van der Waals surface area contributed by atoms with Gasteiger partial charge in [-0.1, -0.05) is 0 Å². The zero-order valence-corrected chi connectivity index (χ0v) is 13.7. The van der Waals surface area contributed by atoms with Crippen molar-refractivity contribution in [1.82, 2.24) is 10.2 Å². The molecule has 0 aromatic carbocycles. The third kappa shape index (κ3) is 7.51. The molecule has 2 amide bonds. The van der Waals surface area contributed by atoms with Crippen molar-refractivity contribution in [3.05, 3.63) is 0 Å². The summed E-state index contributed by atoms with van der Waals surface area (Å²) in [7, 11) is -0.444. The Morgan fingerprint density at radius 1 is 1.26 bits per heavy atom. The fourth-order valence-corrected chi connectivity index (χ4v) is 4.41. The van der Waals surface area contributed by atoms with Crippen molar-refractivity contribution >= 4 is 14.6 Å². The zero-order valence-electron chi connectivity index (χ0n) is 12.7. The molecule has 0 atom stereocenters. The molecule has 0 bridgehead atoms. The van der Waals surface area contributed by atoms with Crippen molar-refractivity contribution in [3.8, 4) is 0 Å². The number of carbonyl (C=O) groups is 1. The van der Waals surface area contributed by atoms with Gasteiger partial charge < -0.3 is 24.8 Å². The first-order valence-electron chi connectivity index (χ1n) is 6.97. The van der Waals surface area contributed by atoms with Gasteiger partial charge in [-0.3, -0.25) is 0 Å². The number of nitrogens with zero attached hydrogens (tertiary/aromatic N) is 1. The monoisotopic (exact) mass is 291 g/mol. The summed E-state index contributed by atoms with van der Waals surface area (Å²) < 4.78 is 11.5. The molecule has 0 aliphatic heterocycles. The molecule has 0 aliphatic rings. The normalized spacial score (nSPS) is 11.4. The molecule has 3 N–H and O–H groups in total. The average molecular weight is 291 g/mol. The lowest BCUT2D eigenvalue weighted by Gasteiger charge is -2.27. The van der Waals surface area contributed by atoms with Crippen molar-refractivity contribution in [2.75, 3.05) is 39.9 Å². The van der Waals surface area contributed by atoms with E-state index in [1.54, 1.807) is 11.9 Å². The van der Waals surface area contributed by atoms with E-state index < -0.39 is 8.56 Å². The molecular formula is C12H29N3O3Si. The maximum atomic E-state index is 11.6. The summed E-state index contributed by atoms with van der Waals surface area (Å²) in [4.78, 5) is 13.3. The van der Waals surface area contributed by atoms with Crippen LogP contribution in [0, 0.1) is 0 Å². The zero-order chi connectivity index (χ0) is 14.7. The van der Waals surface area contributed by atoms with Crippen LogP contribution in [0.4, 0.5) is 4.79 Å². The number of urea groups is 1. The van der Waals surface area contributed by atoms with Crippen molar-refractivity contribution in [2.45, 2.75) is 32.9 Å². The fourth-order valence-electron chi connectivity index (χ4n) is 2.02. The number of carbonyl (C=O) groups excluding carboxylic acids is 1. The second-order valence-corrected chi connectivity index (χ2v) is 7.78. The van der Waals surface area contributed by atoms with E-state index in [1.807, 2.05) is 13.8 Å². The Hall–Kier alpha value is -0.633. The molecule has 0 aromatic rings. The summed E-state index contributed by atoms with van der Waals surface area (Å²) in [5.41, 5.74) is 5.51. The van der Waals surface area contributed by atoms with Gasteiger partial charge in [0, 0.05) is 39.9 Å². The van der Waals surface area contributed by atoms with Gasteiger partial charge in [-0.2, -0.15) is 0 Å². The smallest absolute Gasteiger partial charge is 0.334 e. The van der Waals surface area contributed by atoms with Gasteiger partial charge in [-0.05, 0) is 32.9 Å². The Morgan fingerprint density at radius 2 is 1.84 bits per heavy atom. The summed E-state index contributed by atoms with van der Waals surface area (Å²) in [5.74, 6) is 0. The second-order valence-electron chi connectivity index (χ2n) is 4.43. The predicted octanol–water partition coefficient (Wildman–Crippen LogP) is 1.12. The largest absolute Gasteiger partial charge is 0.395 e. The maximum absolute atomic E-state index is 11.6. The highest BCUT2D eigenvalue weighted by molar-refractivity contribution is 6.66. The van der Waals surface area contributed by atoms with Crippen LogP contribution in [0.1, 0.15) is 20.3 Å². The van der Waals surface area contributed by atoms with Crippen LogP contribution in [0.15, 0.2) is 0 Å². The van der Waals surface area contributed by atoms with Crippen molar-refractivity contribution < 1.29 is 13.6 Å². The van der Waals surface area contributed by atoms with Crippen molar-refractivity contribution in [3.63, 3.8) is 0 Å². The Kier molecular flexibility index (Phi) is 9.85. The van der Waals surface area contributed by atoms with E-state index in [4.69, 9.17) is 14.6 Å². The highest BCUT2D eigenvalue weighted by Crippen LogP contribution is 2.16. The van der Waals surface area contributed by atoms with E-state index in [9.17, 15) is 4.79 Å². The van der Waals surface area contributed by atoms with Gasteiger partial charge in [0.25, 0.3) is 0 Å². The van der Waals surface area contributed by atoms with E-state index >= 15 is 0 Å². The molecule has 114 valence electrons. The van der Waals surface area contributed by atoms with Crippen LogP contribution in [0.2, 0.25) is 12.6 Å². The molecule has 7 heteroatoms. The Balaban J connectivity index is 4.23. The molecule has 0 radical (unpaired) electrons. The predicted molar refractivity (Wildman–Crippen MR) is 79.4 cm³/mol. The third-order valence-electron chi connectivity index (χ3n) is 2.86. The second kappa shape index (κ2) is 10.2. The lowest BCUT2D eigenvalue weighted by molar-refractivity contribution is 0.183. The van der Waals surface area contributed by atoms with Gasteiger partial charge in [-0.25, -0.2) is 4.79 Å². The number of hydrogen-bond acceptors (Lipinski definition) is 4. The Morgan fingerprint density at radius 3 is 2.26 bits per heavy atom. The van der Waals surface area contributed by atoms with Crippen LogP contribution in [0.3, 0.4) is 0 Å². The Labute approximate surface area is 117 Å². The standard InChI is InChI=1S/C12H29N3O3Si/c1-5-17-19(4,18-6-2)11-7-9-15(10-8-13)12(16)14-3/h5-11,13H2,1-4H3,(H,14,16). The molecule has 0 saturated heterocycles. The van der Waals surface area contributed by atoms with Crippen LogP contribution in [0.25, 0.3) is 0 Å². The first-order valence-corrected chi connectivity index (χ1v) is 9.50.